The summed E-state index contributed by atoms with van der Waals surface area (Å²) in [5.74, 6) is -1.91. The SMILES string of the molecule is C=CCOC(=O)[C@@H]1[C@H]2C(=O)N([C@@H](CO)Cc3ccccc3)C(C(=O)N(CC=C)C3CCCCC3)C23S[C@@H]1CC3C. The quantitative estimate of drug-likeness (QED) is 0.322. The zero-order valence-corrected chi connectivity index (χ0v) is 24.3. The summed E-state index contributed by atoms with van der Waals surface area (Å²) in [5, 5.41) is 10.6. The Morgan fingerprint density at radius 2 is 1.93 bits per heavy atom. The minimum absolute atomic E-state index is 0.0480. The maximum atomic E-state index is 14.8. The number of hydrogen-bond acceptors (Lipinski definition) is 6. The molecular weight excluding hydrogens is 524 g/mol. The molecule has 3 unspecified atom stereocenters. The zero-order chi connectivity index (χ0) is 28.4. The van der Waals surface area contributed by atoms with E-state index in [0.717, 1.165) is 37.7 Å². The van der Waals surface area contributed by atoms with Crippen LogP contribution < -0.4 is 0 Å². The first-order valence-electron chi connectivity index (χ1n) is 14.7. The fourth-order valence-corrected chi connectivity index (χ4v) is 10.3. The van der Waals surface area contributed by atoms with Gasteiger partial charge in [0, 0.05) is 17.8 Å². The van der Waals surface area contributed by atoms with Crippen LogP contribution >= 0.6 is 11.8 Å². The number of likely N-dealkylation sites (tertiary alicyclic amines) is 1. The Balaban J connectivity index is 1.59. The monoisotopic (exact) mass is 566 g/mol. The molecule has 216 valence electrons. The van der Waals surface area contributed by atoms with Gasteiger partial charge >= 0.3 is 5.97 Å². The van der Waals surface area contributed by atoms with Crippen molar-refractivity contribution in [3.63, 3.8) is 0 Å². The van der Waals surface area contributed by atoms with E-state index in [2.05, 4.69) is 20.1 Å². The normalized spacial score (nSPS) is 32.0. The number of hydrogen-bond donors (Lipinski definition) is 1. The van der Waals surface area contributed by atoms with E-state index < -0.39 is 34.6 Å². The van der Waals surface area contributed by atoms with Crippen LogP contribution in [0, 0.1) is 17.8 Å². The maximum absolute atomic E-state index is 14.8. The van der Waals surface area contributed by atoms with Crippen molar-refractivity contribution in [2.24, 2.45) is 17.8 Å². The summed E-state index contributed by atoms with van der Waals surface area (Å²) in [4.78, 5) is 46.4. The molecule has 0 radical (unpaired) electrons. The summed E-state index contributed by atoms with van der Waals surface area (Å²) in [6.45, 7) is 9.95. The molecule has 7 nitrogen and oxygen atoms in total. The number of fused-ring (bicyclic) bond motifs is 1. The average Bonchev–Trinajstić information content (AvgIpc) is 3.57. The van der Waals surface area contributed by atoms with Crippen LogP contribution in [0.15, 0.2) is 55.6 Å². The highest BCUT2D eigenvalue weighted by molar-refractivity contribution is 8.02. The Morgan fingerprint density at radius 1 is 1.20 bits per heavy atom. The van der Waals surface area contributed by atoms with E-state index in [4.69, 9.17) is 4.74 Å². The molecule has 4 aliphatic rings. The van der Waals surface area contributed by atoms with E-state index in [-0.39, 0.29) is 42.2 Å². The standard InChI is InChI=1S/C32H42N2O5S/c1-4-16-33(23-14-10-7-11-15-23)30(37)28-32-21(3)18-25(40-32)26(31(38)39-17-5-2)27(32)29(36)34(28)24(20-35)19-22-12-8-6-9-13-22/h4-6,8-9,12-13,21,23-28,35H,1-2,7,10-11,14-20H2,3H3/t21?,24-,25-,26+,27+,28?,32?/m1/s1. The van der Waals surface area contributed by atoms with Gasteiger partial charge in [-0.2, -0.15) is 0 Å². The van der Waals surface area contributed by atoms with Gasteiger partial charge < -0.3 is 19.6 Å². The number of ether oxygens (including phenoxy) is 1. The molecule has 1 N–H and O–H groups in total. The van der Waals surface area contributed by atoms with Crippen molar-refractivity contribution in [2.45, 2.75) is 80.0 Å². The predicted octanol–water partition coefficient (Wildman–Crippen LogP) is 4.00. The van der Waals surface area contributed by atoms with Crippen molar-refractivity contribution >= 4 is 29.5 Å². The van der Waals surface area contributed by atoms with Crippen LogP contribution in [0.25, 0.3) is 0 Å². The number of rotatable bonds is 11. The molecule has 0 aromatic heterocycles. The highest BCUT2D eigenvalue weighted by atomic mass is 32.2. The Bertz CT molecular complexity index is 1120. The minimum Gasteiger partial charge on any atom is -0.461 e. The number of carbonyl (C=O) groups excluding carboxylic acids is 3. The number of esters is 1. The predicted molar refractivity (Wildman–Crippen MR) is 156 cm³/mol. The highest BCUT2D eigenvalue weighted by Gasteiger charge is 2.77. The second-order valence-electron chi connectivity index (χ2n) is 11.8. The third kappa shape index (κ3) is 4.81. The molecule has 4 fully saturated rings. The molecule has 2 bridgehead atoms. The number of aliphatic hydroxyl groups excluding tert-OH is 1. The van der Waals surface area contributed by atoms with Gasteiger partial charge in [0.2, 0.25) is 11.8 Å². The van der Waals surface area contributed by atoms with Crippen LogP contribution in [0.3, 0.4) is 0 Å². The topological polar surface area (TPSA) is 87.1 Å². The molecule has 1 saturated carbocycles. The first kappa shape index (κ1) is 28.9. The van der Waals surface area contributed by atoms with Crippen LogP contribution in [-0.2, 0) is 25.5 Å². The van der Waals surface area contributed by atoms with E-state index in [1.165, 1.54) is 12.5 Å². The molecule has 3 saturated heterocycles. The van der Waals surface area contributed by atoms with Gasteiger partial charge in [-0.05, 0) is 37.2 Å². The number of thioether (sulfide) groups is 1. The summed E-state index contributed by atoms with van der Waals surface area (Å²) in [6.07, 6.45) is 9.66. The summed E-state index contributed by atoms with van der Waals surface area (Å²) in [5.41, 5.74) is 0.984. The van der Waals surface area contributed by atoms with Crippen molar-refractivity contribution in [1.82, 2.24) is 9.80 Å². The maximum Gasteiger partial charge on any atom is 0.311 e. The van der Waals surface area contributed by atoms with Crippen LogP contribution in [-0.4, -0.2) is 80.6 Å². The third-order valence-electron chi connectivity index (χ3n) is 9.58. The smallest absolute Gasteiger partial charge is 0.311 e. The fraction of sp³-hybridized carbons (Fsp3) is 0.594. The van der Waals surface area contributed by atoms with Crippen LogP contribution in [0.4, 0.5) is 0 Å². The molecular formula is C32H42N2O5S. The second kappa shape index (κ2) is 12.1. The van der Waals surface area contributed by atoms with Gasteiger partial charge in [0.1, 0.15) is 12.6 Å². The lowest BCUT2D eigenvalue weighted by atomic mass is 9.66. The Morgan fingerprint density at radius 3 is 2.58 bits per heavy atom. The van der Waals surface area contributed by atoms with Crippen molar-refractivity contribution in [3.05, 3.63) is 61.2 Å². The fourth-order valence-electron chi connectivity index (χ4n) is 7.88. The van der Waals surface area contributed by atoms with E-state index in [9.17, 15) is 19.5 Å². The van der Waals surface area contributed by atoms with Gasteiger partial charge in [0.25, 0.3) is 0 Å². The Hall–Kier alpha value is -2.58. The van der Waals surface area contributed by atoms with Crippen molar-refractivity contribution in [2.75, 3.05) is 19.8 Å². The van der Waals surface area contributed by atoms with Crippen molar-refractivity contribution < 1.29 is 24.2 Å². The molecule has 1 aliphatic carbocycles. The van der Waals surface area contributed by atoms with Gasteiger partial charge in [-0.1, -0.05) is 75.2 Å². The van der Waals surface area contributed by atoms with E-state index in [1.807, 2.05) is 35.2 Å². The summed E-state index contributed by atoms with van der Waals surface area (Å²) in [6, 6.07) is 8.50. The molecule has 3 heterocycles. The minimum atomic E-state index is -0.769. The summed E-state index contributed by atoms with van der Waals surface area (Å²) in [7, 11) is 0. The van der Waals surface area contributed by atoms with E-state index in [0.29, 0.717) is 13.0 Å². The van der Waals surface area contributed by atoms with Gasteiger partial charge in [-0.25, -0.2) is 0 Å². The number of amides is 2. The average molecular weight is 567 g/mol. The molecule has 7 atom stereocenters. The van der Waals surface area contributed by atoms with Crippen LogP contribution in [0.1, 0.15) is 51.0 Å². The summed E-state index contributed by atoms with van der Waals surface area (Å²) >= 11 is 1.64. The number of aliphatic hydroxyl groups is 1. The van der Waals surface area contributed by atoms with Gasteiger partial charge in [0.15, 0.2) is 0 Å². The lowest BCUT2D eigenvalue weighted by Crippen LogP contribution is -2.61. The number of nitrogens with zero attached hydrogens (tertiary/aromatic N) is 2. The van der Waals surface area contributed by atoms with Crippen LogP contribution in [0.5, 0.6) is 0 Å². The summed E-state index contributed by atoms with van der Waals surface area (Å²) < 4.78 is 4.76. The molecule has 1 spiro atoms. The largest absolute Gasteiger partial charge is 0.461 e. The number of carbonyl (C=O) groups is 3. The third-order valence-corrected chi connectivity index (χ3v) is 11.7. The molecule has 1 aromatic carbocycles. The van der Waals surface area contributed by atoms with E-state index in [1.54, 1.807) is 22.7 Å². The molecule has 2 amide bonds. The van der Waals surface area contributed by atoms with Gasteiger partial charge in [-0.3, -0.25) is 14.4 Å². The Labute approximate surface area is 242 Å². The Kier molecular flexibility index (Phi) is 8.76. The van der Waals surface area contributed by atoms with Crippen molar-refractivity contribution in [1.29, 1.82) is 0 Å². The zero-order valence-electron chi connectivity index (χ0n) is 23.5. The first-order valence-corrected chi connectivity index (χ1v) is 15.6. The molecule has 5 rings (SSSR count). The van der Waals surface area contributed by atoms with Crippen molar-refractivity contribution in [3.8, 4) is 0 Å². The lowest BCUT2D eigenvalue weighted by Gasteiger charge is -2.44. The van der Waals surface area contributed by atoms with Gasteiger partial charge in [-0.15, -0.1) is 18.3 Å². The highest BCUT2D eigenvalue weighted by Crippen LogP contribution is 2.69. The molecule has 3 aliphatic heterocycles. The lowest BCUT2D eigenvalue weighted by molar-refractivity contribution is -0.154. The second-order valence-corrected chi connectivity index (χ2v) is 13.4. The molecule has 8 heteroatoms. The van der Waals surface area contributed by atoms with E-state index >= 15 is 0 Å². The van der Waals surface area contributed by atoms with Crippen LogP contribution in [0.2, 0.25) is 0 Å². The van der Waals surface area contributed by atoms with Gasteiger partial charge in [0.05, 0.1) is 29.2 Å². The molecule has 40 heavy (non-hydrogen) atoms. The first-order chi connectivity index (χ1) is 19.4. The number of benzene rings is 1. The molecule has 1 aromatic rings.